The first-order valence-electron chi connectivity index (χ1n) is 9.29. The average molecular weight is 417 g/mol. The van der Waals surface area contributed by atoms with E-state index in [0.717, 1.165) is 16.0 Å². The van der Waals surface area contributed by atoms with E-state index >= 15 is 0 Å². The fraction of sp³-hybridized carbons (Fsp3) is 0.286. The van der Waals surface area contributed by atoms with Crippen molar-refractivity contribution in [3.05, 3.63) is 71.3 Å². The van der Waals surface area contributed by atoms with Gasteiger partial charge in [0.25, 0.3) is 5.91 Å². The van der Waals surface area contributed by atoms with Gasteiger partial charge in [-0.05, 0) is 36.2 Å². The Morgan fingerprint density at radius 3 is 2.45 bits per heavy atom. The van der Waals surface area contributed by atoms with Crippen molar-refractivity contribution in [3.8, 4) is 0 Å². The van der Waals surface area contributed by atoms with Crippen LogP contribution < -0.4 is 11.1 Å². The highest BCUT2D eigenvalue weighted by molar-refractivity contribution is 6.02. The topological polar surface area (TPSA) is 95.7 Å². The molecule has 1 fully saturated rings. The van der Waals surface area contributed by atoms with Crippen molar-refractivity contribution >= 4 is 30.3 Å². The minimum absolute atomic E-state index is 0. The van der Waals surface area contributed by atoms with Crippen LogP contribution in [-0.2, 0) is 17.9 Å². The zero-order valence-corrected chi connectivity index (χ0v) is 16.9. The van der Waals surface area contributed by atoms with Gasteiger partial charge in [0, 0.05) is 18.7 Å². The van der Waals surface area contributed by atoms with Crippen LogP contribution in [0.4, 0.5) is 4.79 Å². The number of nitrogens with zero attached hydrogens (tertiary/aromatic N) is 2. The molecule has 0 aromatic heterocycles. The molecule has 0 spiro atoms. The molecule has 0 atom stereocenters. The monoisotopic (exact) mass is 416 g/mol. The van der Waals surface area contributed by atoms with Crippen molar-refractivity contribution in [2.45, 2.75) is 19.5 Å². The maximum Gasteiger partial charge on any atom is 0.324 e. The summed E-state index contributed by atoms with van der Waals surface area (Å²) in [6.45, 7) is 1.72. The van der Waals surface area contributed by atoms with E-state index in [1.807, 2.05) is 30.3 Å². The Labute approximate surface area is 176 Å². The molecule has 3 rings (SSSR count). The van der Waals surface area contributed by atoms with E-state index in [4.69, 9.17) is 5.73 Å². The maximum atomic E-state index is 13.1. The highest BCUT2D eigenvalue weighted by Crippen LogP contribution is 2.15. The molecule has 1 aliphatic heterocycles. The Morgan fingerprint density at radius 1 is 1.07 bits per heavy atom. The van der Waals surface area contributed by atoms with E-state index in [-0.39, 0.29) is 37.3 Å². The summed E-state index contributed by atoms with van der Waals surface area (Å²) in [4.78, 5) is 39.6. The van der Waals surface area contributed by atoms with Gasteiger partial charge in [0.2, 0.25) is 5.91 Å². The molecular weight excluding hydrogens is 392 g/mol. The third kappa shape index (κ3) is 5.79. The second-order valence-electron chi connectivity index (χ2n) is 6.69. The molecule has 0 bridgehead atoms. The lowest BCUT2D eigenvalue weighted by Crippen LogP contribution is -2.33. The van der Waals surface area contributed by atoms with E-state index in [1.165, 1.54) is 0 Å². The molecule has 2 aromatic rings. The molecule has 1 heterocycles. The molecular formula is C21H25ClN4O3. The molecule has 1 aliphatic rings. The molecule has 7 nitrogen and oxygen atoms in total. The number of rotatable bonds is 8. The lowest BCUT2D eigenvalue weighted by atomic mass is 10.1. The summed E-state index contributed by atoms with van der Waals surface area (Å²) in [7, 11) is 0. The van der Waals surface area contributed by atoms with Gasteiger partial charge in [-0.25, -0.2) is 4.79 Å². The number of urea groups is 1. The summed E-state index contributed by atoms with van der Waals surface area (Å²) < 4.78 is 0. The summed E-state index contributed by atoms with van der Waals surface area (Å²) in [5, 5.41) is 2.50. The highest BCUT2D eigenvalue weighted by atomic mass is 35.5. The third-order valence-electron chi connectivity index (χ3n) is 4.59. The quantitative estimate of drug-likeness (QED) is 0.644. The average Bonchev–Trinajstić information content (AvgIpc) is 3.03. The molecule has 2 aromatic carbocycles. The van der Waals surface area contributed by atoms with E-state index in [9.17, 15) is 14.4 Å². The van der Waals surface area contributed by atoms with Gasteiger partial charge in [-0.3, -0.25) is 14.5 Å². The van der Waals surface area contributed by atoms with E-state index in [1.54, 1.807) is 29.2 Å². The molecule has 4 amide bonds. The highest BCUT2D eigenvalue weighted by Gasteiger charge is 2.28. The number of carbonyl (C=O) groups is 3. The van der Waals surface area contributed by atoms with Crippen LogP contribution in [-0.4, -0.2) is 47.3 Å². The Hall–Kier alpha value is -2.90. The standard InChI is InChI=1S/C21H24N4O3.ClH/c22-10-5-11-24(14-16-6-2-1-3-7-16)20(27)18-9-4-8-17(12-18)15-25-19(26)13-23-21(25)28;/h1-4,6-9,12H,5,10-11,13-15,22H2,(H,23,28);1H. The molecule has 1 saturated heterocycles. The van der Waals surface area contributed by atoms with Gasteiger partial charge in [-0.1, -0.05) is 42.5 Å². The first-order valence-corrected chi connectivity index (χ1v) is 9.29. The van der Waals surface area contributed by atoms with Crippen molar-refractivity contribution < 1.29 is 14.4 Å². The predicted molar refractivity (Wildman–Crippen MR) is 112 cm³/mol. The summed E-state index contributed by atoms with van der Waals surface area (Å²) in [6, 6.07) is 16.4. The van der Waals surface area contributed by atoms with Crippen molar-refractivity contribution in [1.82, 2.24) is 15.1 Å². The van der Waals surface area contributed by atoms with Crippen LogP contribution >= 0.6 is 12.4 Å². The first-order chi connectivity index (χ1) is 13.6. The fourth-order valence-corrected chi connectivity index (χ4v) is 3.12. The van der Waals surface area contributed by atoms with Crippen LogP contribution in [0.1, 0.15) is 27.9 Å². The zero-order valence-electron chi connectivity index (χ0n) is 16.0. The second kappa shape index (κ2) is 10.6. The van der Waals surface area contributed by atoms with Crippen molar-refractivity contribution in [2.75, 3.05) is 19.6 Å². The Morgan fingerprint density at radius 2 is 1.79 bits per heavy atom. The number of nitrogens with one attached hydrogen (secondary N) is 1. The Balaban J connectivity index is 0.00000300. The van der Waals surface area contributed by atoms with Crippen molar-refractivity contribution in [2.24, 2.45) is 5.73 Å². The molecule has 8 heteroatoms. The van der Waals surface area contributed by atoms with Gasteiger partial charge in [0.15, 0.2) is 0 Å². The summed E-state index contributed by atoms with van der Waals surface area (Å²) in [5.41, 5.74) is 7.94. The SMILES string of the molecule is Cl.NCCCN(Cc1ccccc1)C(=O)c1cccc(CN2C(=O)CNC2=O)c1. The van der Waals surface area contributed by atoms with E-state index in [2.05, 4.69) is 5.32 Å². The van der Waals surface area contributed by atoms with E-state index < -0.39 is 6.03 Å². The third-order valence-corrected chi connectivity index (χ3v) is 4.59. The van der Waals surface area contributed by atoms with Crippen LogP contribution in [0, 0.1) is 0 Å². The number of imide groups is 1. The van der Waals surface area contributed by atoms with Gasteiger partial charge in [0.05, 0.1) is 13.1 Å². The van der Waals surface area contributed by atoms with Crippen molar-refractivity contribution in [1.29, 1.82) is 0 Å². The number of amides is 4. The number of carbonyl (C=O) groups excluding carboxylic acids is 3. The summed E-state index contributed by atoms with van der Waals surface area (Å²) >= 11 is 0. The molecule has 154 valence electrons. The molecule has 0 radical (unpaired) electrons. The second-order valence-corrected chi connectivity index (χ2v) is 6.69. The molecule has 3 N–H and O–H groups in total. The predicted octanol–water partition coefficient (Wildman–Crippen LogP) is 2.15. The Bertz CT molecular complexity index is 844. The number of halogens is 1. The Kier molecular flexibility index (Phi) is 8.18. The van der Waals surface area contributed by atoms with Crippen molar-refractivity contribution in [3.63, 3.8) is 0 Å². The molecule has 0 unspecified atom stereocenters. The van der Waals surface area contributed by atoms with Crippen LogP contribution in [0.25, 0.3) is 0 Å². The summed E-state index contributed by atoms with van der Waals surface area (Å²) in [5.74, 6) is -0.369. The first kappa shape index (κ1) is 22.4. The van der Waals surface area contributed by atoms with Crippen LogP contribution in [0.15, 0.2) is 54.6 Å². The maximum absolute atomic E-state index is 13.1. The smallest absolute Gasteiger partial charge is 0.324 e. The number of nitrogens with two attached hydrogens (primary N) is 1. The minimum atomic E-state index is -0.407. The normalized spacial score (nSPS) is 13.1. The lowest BCUT2D eigenvalue weighted by molar-refractivity contribution is -0.125. The van der Waals surface area contributed by atoms with Gasteiger partial charge in [-0.15, -0.1) is 12.4 Å². The lowest BCUT2D eigenvalue weighted by Gasteiger charge is -2.23. The van der Waals surface area contributed by atoms with Crippen LogP contribution in [0.5, 0.6) is 0 Å². The van der Waals surface area contributed by atoms with Gasteiger partial charge < -0.3 is 16.0 Å². The van der Waals surface area contributed by atoms with Crippen LogP contribution in [0.3, 0.4) is 0 Å². The molecule has 0 saturated carbocycles. The number of benzene rings is 2. The molecule has 29 heavy (non-hydrogen) atoms. The minimum Gasteiger partial charge on any atom is -0.334 e. The summed E-state index contributed by atoms with van der Waals surface area (Å²) in [6.07, 6.45) is 0.709. The molecule has 0 aliphatic carbocycles. The van der Waals surface area contributed by atoms with E-state index in [0.29, 0.717) is 31.6 Å². The van der Waals surface area contributed by atoms with Gasteiger partial charge >= 0.3 is 6.03 Å². The van der Waals surface area contributed by atoms with Crippen LogP contribution in [0.2, 0.25) is 0 Å². The number of hydrogen-bond donors (Lipinski definition) is 2. The largest absolute Gasteiger partial charge is 0.334 e. The van der Waals surface area contributed by atoms with Gasteiger partial charge in [-0.2, -0.15) is 0 Å². The van der Waals surface area contributed by atoms with Gasteiger partial charge in [0.1, 0.15) is 0 Å². The number of hydrogen-bond acceptors (Lipinski definition) is 4. The zero-order chi connectivity index (χ0) is 19.9. The fourth-order valence-electron chi connectivity index (χ4n) is 3.12.